The zero-order chi connectivity index (χ0) is 23.0. The molecule has 1 N–H and O–H groups in total. The van der Waals surface area contributed by atoms with E-state index in [1.54, 1.807) is 61.1 Å². The van der Waals surface area contributed by atoms with Crippen LogP contribution in [0.1, 0.15) is 10.4 Å². The Balaban J connectivity index is 1.45. The molecule has 1 amide bonds. The van der Waals surface area contributed by atoms with Gasteiger partial charge < -0.3 is 19.4 Å². The smallest absolute Gasteiger partial charge is 0.270 e. The SMILES string of the molecule is O=C(Nc1ccc(OCCn2ccnc2)cc1)c1cc([N+](=O)[O-])ccc1Oc1ccccc1. The van der Waals surface area contributed by atoms with Gasteiger partial charge in [0.15, 0.2) is 0 Å². The molecule has 9 nitrogen and oxygen atoms in total. The molecule has 4 aromatic rings. The monoisotopic (exact) mass is 444 g/mol. The van der Waals surface area contributed by atoms with Crippen LogP contribution in [0, 0.1) is 10.1 Å². The van der Waals surface area contributed by atoms with E-state index in [0.29, 0.717) is 30.3 Å². The van der Waals surface area contributed by atoms with Gasteiger partial charge in [-0.05, 0) is 42.5 Å². The predicted octanol–water partition coefficient (Wildman–Crippen LogP) is 4.91. The summed E-state index contributed by atoms with van der Waals surface area (Å²) in [5, 5.41) is 14.0. The van der Waals surface area contributed by atoms with Gasteiger partial charge in [0.1, 0.15) is 23.9 Å². The molecule has 1 aromatic heterocycles. The quantitative estimate of drug-likeness (QED) is 0.290. The van der Waals surface area contributed by atoms with Crippen molar-refractivity contribution in [1.82, 2.24) is 9.55 Å². The second kappa shape index (κ2) is 10.1. The van der Waals surface area contributed by atoms with Crippen LogP contribution < -0.4 is 14.8 Å². The van der Waals surface area contributed by atoms with Crippen LogP contribution in [0.4, 0.5) is 11.4 Å². The van der Waals surface area contributed by atoms with E-state index in [1.807, 2.05) is 16.8 Å². The molecule has 0 fully saturated rings. The van der Waals surface area contributed by atoms with Gasteiger partial charge in [0, 0.05) is 30.2 Å². The molecular formula is C24H20N4O5. The molecule has 0 atom stereocenters. The minimum absolute atomic E-state index is 0.0497. The van der Waals surface area contributed by atoms with Gasteiger partial charge >= 0.3 is 0 Å². The number of imidazole rings is 1. The van der Waals surface area contributed by atoms with Crippen LogP contribution in [0.5, 0.6) is 17.2 Å². The molecule has 9 heteroatoms. The third kappa shape index (κ3) is 5.73. The lowest BCUT2D eigenvalue weighted by atomic mass is 10.1. The highest BCUT2D eigenvalue weighted by Crippen LogP contribution is 2.29. The number of non-ortho nitro benzene ring substituents is 1. The maximum atomic E-state index is 12.9. The molecular weight excluding hydrogens is 424 g/mol. The number of nitrogens with zero attached hydrogens (tertiary/aromatic N) is 3. The molecule has 33 heavy (non-hydrogen) atoms. The number of benzene rings is 3. The predicted molar refractivity (Wildman–Crippen MR) is 122 cm³/mol. The van der Waals surface area contributed by atoms with E-state index in [2.05, 4.69) is 10.3 Å². The molecule has 0 aliphatic heterocycles. The van der Waals surface area contributed by atoms with Crippen molar-refractivity contribution in [3.63, 3.8) is 0 Å². The van der Waals surface area contributed by atoms with E-state index < -0.39 is 10.8 Å². The van der Waals surface area contributed by atoms with Crippen LogP contribution in [0.15, 0.2) is 91.5 Å². The summed E-state index contributed by atoms with van der Waals surface area (Å²) in [6.07, 6.45) is 5.27. The maximum Gasteiger partial charge on any atom is 0.270 e. The summed E-state index contributed by atoms with van der Waals surface area (Å²) in [7, 11) is 0. The summed E-state index contributed by atoms with van der Waals surface area (Å²) in [5.41, 5.74) is 0.357. The average Bonchev–Trinajstić information content (AvgIpc) is 3.34. The second-order valence-electron chi connectivity index (χ2n) is 6.98. The van der Waals surface area contributed by atoms with E-state index in [1.165, 1.54) is 18.2 Å². The summed E-state index contributed by atoms with van der Waals surface area (Å²) in [4.78, 5) is 27.6. The lowest BCUT2D eigenvalue weighted by molar-refractivity contribution is -0.384. The minimum Gasteiger partial charge on any atom is -0.492 e. The Morgan fingerprint density at radius 2 is 1.82 bits per heavy atom. The van der Waals surface area contributed by atoms with Gasteiger partial charge in [0.05, 0.1) is 23.4 Å². The minimum atomic E-state index is -0.557. The molecule has 0 bridgehead atoms. The van der Waals surface area contributed by atoms with Crippen molar-refractivity contribution in [2.75, 3.05) is 11.9 Å². The molecule has 1 heterocycles. The second-order valence-corrected chi connectivity index (χ2v) is 6.98. The molecule has 0 radical (unpaired) electrons. The van der Waals surface area contributed by atoms with Gasteiger partial charge in [-0.25, -0.2) is 4.98 Å². The zero-order valence-corrected chi connectivity index (χ0v) is 17.5. The Morgan fingerprint density at radius 1 is 1.03 bits per heavy atom. The van der Waals surface area contributed by atoms with Gasteiger partial charge in [-0.1, -0.05) is 18.2 Å². The summed E-state index contributed by atoms with van der Waals surface area (Å²) < 4.78 is 13.4. The number of rotatable bonds is 9. The first-order chi connectivity index (χ1) is 16.1. The lowest BCUT2D eigenvalue weighted by Crippen LogP contribution is -2.13. The van der Waals surface area contributed by atoms with E-state index in [-0.39, 0.29) is 17.0 Å². The normalized spacial score (nSPS) is 10.4. The molecule has 0 aliphatic carbocycles. The lowest BCUT2D eigenvalue weighted by Gasteiger charge is -2.12. The topological polar surface area (TPSA) is 109 Å². The summed E-state index contributed by atoms with van der Waals surface area (Å²) in [6, 6.07) is 19.6. The maximum absolute atomic E-state index is 12.9. The number of nitro benzene ring substituents is 1. The summed E-state index contributed by atoms with van der Waals surface area (Å²) >= 11 is 0. The van der Waals surface area contributed by atoms with Crippen molar-refractivity contribution in [3.8, 4) is 17.2 Å². The van der Waals surface area contributed by atoms with Gasteiger partial charge in [0.2, 0.25) is 0 Å². The number of carbonyl (C=O) groups is 1. The van der Waals surface area contributed by atoms with Gasteiger partial charge in [-0.2, -0.15) is 0 Å². The largest absolute Gasteiger partial charge is 0.492 e. The van der Waals surface area contributed by atoms with E-state index in [9.17, 15) is 14.9 Å². The fourth-order valence-corrected chi connectivity index (χ4v) is 3.03. The number of hydrogen-bond acceptors (Lipinski definition) is 6. The summed E-state index contributed by atoms with van der Waals surface area (Å²) in [6.45, 7) is 1.13. The number of anilines is 1. The van der Waals surface area contributed by atoms with Gasteiger partial charge in [-0.15, -0.1) is 0 Å². The number of nitrogens with one attached hydrogen (secondary N) is 1. The molecule has 0 aliphatic rings. The highest BCUT2D eigenvalue weighted by atomic mass is 16.6. The molecule has 0 unspecified atom stereocenters. The molecule has 0 spiro atoms. The standard InChI is InChI=1S/C24H20N4O5/c29-24(26-18-6-9-20(10-7-18)32-15-14-27-13-12-25-17-27)22-16-19(28(30)31)8-11-23(22)33-21-4-2-1-3-5-21/h1-13,16-17H,14-15H2,(H,26,29). The zero-order valence-electron chi connectivity index (χ0n) is 17.5. The first-order valence-corrected chi connectivity index (χ1v) is 10.1. The molecule has 0 saturated heterocycles. The first kappa shape index (κ1) is 21.6. The van der Waals surface area contributed by atoms with E-state index >= 15 is 0 Å². The Kier molecular flexibility index (Phi) is 6.60. The molecule has 4 rings (SSSR count). The number of carbonyl (C=O) groups excluding carboxylic acids is 1. The Morgan fingerprint density at radius 3 is 2.52 bits per heavy atom. The van der Waals surface area contributed by atoms with Crippen molar-refractivity contribution < 1.29 is 19.2 Å². The van der Waals surface area contributed by atoms with Gasteiger partial charge in [-0.3, -0.25) is 14.9 Å². The number of ether oxygens (including phenoxy) is 2. The van der Waals surface area contributed by atoms with Crippen LogP contribution in [-0.4, -0.2) is 27.0 Å². The number of hydrogen-bond donors (Lipinski definition) is 1. The Bertz CT molecular complexity index is 1230. The van der Waals surface area contributed by atoms with Crippen LogP contribution in [0.3, 0.4) is 0 Å². The number of amides is 1. The Hall–Kier alpha value is -4.66. The number of aromatic nitrogens is 2. The van der Waals surface area contributed by atoms with E-state index in [4.69, 9.17) is 9.47 Å². The van der Waals surface area contributed by atoms with Crippen molar-refractivity contribution in [3.05, 3.63) is 107 Å². The summed E-state index contributed by atoms with van der Waals surface area (Å²) in [5.74, 6) is 0.844. The fraction of sp³-hybridized carbons (Fsp3) is 0.0833. The van der Waals surface area contributed by atoms with E-state index in [0.717, 1.165) is 0 Å². The van der Waals surface area contributed by atoms with Gasteiger partial charge in [0.25, 0.3) is 11.6 Å². The van der Waals surface area contributed by atoms with Crippen molar-refractivity contribution >= 4 is 17.3 Å². The number of para-hydroxylation sites is 1. The number of nitro groups is 1. The Labute approximate surface area is 189 Å². The molecule has 0 saturated carbocycles. The molecule has 166 valence electrons. The molecule has 3 aromatic carbocycles. The van der Waals surface area contributed by atoms with Crippen molar-refractivity contribution in [1.29, 1.82) is 0 Å². The third-order valence-electron chi connectivity index (χ3n) is 4.68. The fourth-order valence-electron chi connectivity index (χ4n) is 3.03. The van der Waals surface area contributed by atoms with Crippen LogP contribution in [-0.2, 0) is 6.54 Å². The third-order valence-corrected chi connectivity index (χ3v) is 4.68. The highest BCUT2D eigenvalue weighted by Gasteiger charge is 2.19. The van der Waals surface area contributed by atoms with Crippen LogP contribution >= 0.6 is 0 Å². The van der Waals surface area contributed by atoms with Crippen molar-refractivity contribution in [2.24, 2.45) is 0 Å². The van der Waals surface area contributed by atoms with Crippen LogP contribution in [0.25, 0.3) is 0 Å². The average molecular weight is 444 g/mol. The highest BCUT2D eigenvalue weighted by molar-refractivity contribution is 6.06. The first-order valence-electron chi connectivity index (χ1n) is 10.1. The van der Waals surface area contributed by atoms with Crippen molar-refractivity contribution in [2.45, 2.75) is 6.54 Å². The van der Waals surface area contributed by atoms with Crippen LogP contribution in [0.2, 0.25) is 0 Å².